The number of para-hydroxylation sites is 1. The van der Waals surface area contributed by atoms with Crippen LogP contribution in [-0.2, 0) is 13.2 Å². The molecule has 0 unspecified atom stereocenters. The lowest BCUT2D eigenvalue weighted by Crippen LogP contribution is -2.27. The van der Waals surface area contributed by atoms with Crippen molar-refractivity contribution in [3.05, 3.63) is 53.3 Å². The highest BCUT2D eigenvalue weighted by atomic mass is 35.5. The molecule has 5 nitrogen and oxygen atoms in total. The minimum Gasteiger partial charge on any atom is -0.494 e. The van der Waals surface area contributed by atoms with Crippen molar-refractivity contribution in [2.24, 2.45) is 5.92 Å². The van der Waals surface area contributed by atoms with Crippen LogP contribution < -0.4 is 14.8 Å². The molecule has 6 heteroatoms. The van der Waals surface area contributed by atoms with Gasteiger partial charge in [-0.25, -0.2) is 4.98 Å². The summed E-state index contributed by atoms with van der Waals surface area (Å²) in [5.74, 6) is 3.33. The minimum absolute atomic E-state index is 0.410. The summed E-state index contributed by atoms with van der Waals surface area (Å²) in [6.07, 6.45) is 7.60. The van der Waals surface area contributed by atoms with Gasteiger partial charge < -0.3 is 19.4 Å². The van der Waals surface area contributed by atoms with Gasteiger partial charge >= 0.3 is 0 Å². The van der Waals surface area contributed by atoms with E-state index in [4.69, 9.17) is 26.1 Å². The number of nitrogens with zero attached hydrogens (tertiary/aromatic N) is 2. The fourth-order valence-corrected chi connectivity index (χ4v) is 4.21. The molecular weight excluding hydrogens is 434 g/mol. The van der Waals surface area contributed by atoms with E-state index in [0.29, 0.717) is 11.6 Å². The molecule has 0 atom stereocenters. The number of halogens is 1. The first kappa shape index (κ1) is 25.4. The van der Waals surface area contributed by atoms with Gasteiger partial charge in [0.05, 0.1) is 12.6 Å². The average molecular weight is 472 g/mol. The molecule has 0 aliphatic carbocycles. The summed E-state index contributed by atoms with van der Waals surface area (Å²) in [5, 5.41) is 4.15. The zero-order chi connectivity index (χ0) is 23.5. The zero-order valence-corrected chi connectivity index (χ0v) is 21.0. The van der Waals surface area contributed by atoms with Gasteiger partial charge in [-0.05, 0) is 81.1 Å². The first-order chi connectivity index (χ1) is 16.2. The first-order valence-electron chi connectivity index (χ1n) is 12.3. The highest BCUT2D eigenvalue weighted by Crippen LogP contribution is 2.28. The smallest absolute Gasteiger partial charge is 0.148 e. The Morgan fingerprint density at radius 3 is 2.45 bits per heavy atom. The number of aryl methyl sites for hydroxylation is 1. The van der Waals surface area contributed by atoms with Crippen molar-refractivity contribution in [2.45, 2.75) is 65.5 Å². The number of hydrogen-bond acceptors (Lipinski definition) is 4. The Kier molecular flexibility index (Phi) is 10.4. The monoisotopic (exact) mass is 471 g/mol. The Morgan fingerprint density at radius 2 is 1.79 bits per heavy atom. The highest BCUT2D eigenvalue weighted by Gasteiger charge is 2.16. The molecule has 4 rings (SSSR count). The molecule has 180 valence electrons. The molecule has 1 N–H and O–H groups in total. The molecule has 2 heterocycles. The van der Waals surface area contributed by atoms with Crippen LogP contribution in [0, 0.1) is 5.92 Å². The molecule has 2 aromatic carbocycles. The maximum atomic E-state index is 6.00. The summed E-state index contributed by atoms with van der Waals surface area (Å²) in [7, 11) is 1.69. The molecule has 0 spiro atoms. The van der Waals surface area contributed by atoms with Crippen LogP contribution >= 0.6 is 11.6 Å². The Hall–Kier alpha value is -2.24. The topological polar surface area (TPSA) is 48.3 Å². The fourth-order valence-electron chi connectivity index (χ4n) is 4.08. The van der Waals surface area contributed by atoms with Gasteiger partial charge in [-0.2, -0.15) is 0 Å². The van der Waals surface area contributed by atoms with Gasteiger partial charge in [-0.15, -0.1) is 0 Å². The van der Waals surface area contributed by atoms with Crippen molar-refractivity contribution < 1.29 is 9.47 Å². The van der Waals surface area contributed by atoms with E-state index in [-0.39, 0.29) is 0 Å². The van der Waals surface area contributed by atoms with Crippen molar-refractivity contribution in [3.8, 4) is 11.5 Å². The quantitative estimate of drug-likeness (QED) is 0.370. The van der Waals surface area contributed by atoms with E-state index in [1.165, 1.54) is 32.1 Å². The number of fused-ring (bicyclic) bond motifs is 1. The Bertz CT molecular complexity index is 963. The molecule has 1 aromatic heterocycles. The van der Waals surface area contributed by atoms with Crippen LogP contribution in [0.3, 0.4) is 0 Å². The summed E-state index contributed by atoms with van der Waals surface area (Å²) in [6.45, 7) is 8.01. The molecule has 0 radical (unpaired) electrons. The zero-order valence-electron chi connectivity index (χ0n) is 20.3. The summed E-state index contributed by atoms with van der Waals surface area (Å²) < 4.78 is 13.8. The number of hydrogen-bond donors (Lipinski definition) is 1. The van der Waals surface area contributed by atoms with Crippen molar-refractivity contribution in [3.63, 3.8) is 0 Å². The minimum atomic E-state index is 0.410. The van der Waals surface area contributed by atoms with Crippen LogP contribution in [0.4, 0.5) is 0 Å². The Labute approximate surface area is 203 Å². The molecule has 3 aromatic rings. The number of nitrogens with one attached hydrogen (secondary N) is 1. The van der Waals surface area contributed by atoms with Gasteiger partial charge in [0, 0.05) is 11.6 Å². The summed E-state index contributed by atoms with van der Waals surface area (Å²) in [4.78, 5) is 4.86. The van der Waals surface area contributed by atoms with Crippen LogP contribution in [-0.4, -0.2) is 29.8 Å². The number of piperidine rings is 1. The van der Waals surface area contributed by atoms with Crippen molar-refractivity contribution in [1.82, 2.24) is 14.9 Å². The third kappa shape index (κ3) is 7.38. The van der Waals surface area contributed by atoms with Gasteiger partial charge in [0.2, 0.25) is 0 Å². The number of imidazole rings is 1. The summed E-state index contributed by atoms with van der Waals surface area (Å²) >= 11 is 5.97. The van der Waals surface area contributed by atoms with Crippen LogP contribution in [0.5, 0.6) is 11.5 Å². The number of methoxy groups -OCH3 is 1. The molecule has 0 bridgehead atoms. The van der Waals surface area contributed by atoms with Crippen LogP contribution in [0.1, 0.15) is 58.2 Å². The Morgan fingerprint density at radius 1 is 1.06 bits per heavy atom. The van der Waals surface area contributed by atoms with E-state index >= 15 is 0 Å². The molecule has 0 saturated carbocycles. The predicted molar refractivity (Wildman–Crippen MR) is 137 cm³/mol. The third-order valence-electron chi connectivity index (χ3n) is 6.18. The second-order valence-electron chi connectivity index (χ2n) is 8.59. The second-order valence-corrected chi connectivity index (χ2v) is 9.02. The van der Waals surface area contributed by atoms with E-state index in [9.17, 15) is 0 Å². The van der Waals surface area contributed by atoms with Crippen molar-refractivity contribution in [1.29, 1.82) is 0 Å². The van der Waals surface area contributed by atoms with E-state index in [1.54, 1.807) is 7.11 Å². The molecule has 1 aliphatic rings. The number of unbranched alkanes of at least 4 members (excludes halogenated alkanes) is 1. The lowest BCUT2D eigenvalue weighted by Gasteiger charge is -2.22. The summed E-state index contributed by atoms with van der Waals surface area (Å²) in [5.41, 5.74) is 2.00. The standard InChI is InChI=1S/C23H28ClN3O2.C4H10/c1-28-21-6-2-5-20-23(21)26-22(16-29-19-9-7-18(24)8-10-19)27(20)15-3-4-17-11-13-25-14-12-17;1-3-4-2/h2,5-10,17,25H,3-4,11-16H2,1H3;3-4H2,1-2H3. The molecular formula is C27H38ClN3O2. The van der Waals surface area contributed by atoms with Gasteiger partial charge in [-0.1, -0.05) is 44.4 Å². The van der Waals surface area contributed by atoms with Gasteiger partial charge in [0.15, 0.2) is 0 Å². The lowest BCUT2D eigenvalue weighted by molar-refractivity contribution is 0.287. The first-order valence-corrected chi connectivity index (χ1v) is 12.6. The fraction of sp³-hybridized carbons (Fsp3) is 0.519. The van der Waals surface area contributed by atoms with Crippen molar-refractivity contribution >= 4 is 22.6 Å². The van der Waals surface area contributed by atoms with E-state index < -0.39 is 0 Å². The predicted octanol–water partition coefficient (Wildman–Crippen LogP) is 6.86. The largest absolute Gasteiger partial charge is 0.494 e. The summed E-state index contributed by atoms with van der Waals surface area (Å²) in [6, 6.07) is 13.5. The third-order valence-corrected chi connectivity index (χ3v) is 6.43. The maximum absolute atomic E-state index is 6.00. The molecule has 33 heavy (non-hydrogen) atoms. The van der Waals surface area contributed by atoms with Crippen LogP contribution in [0.2, 0.25) is 5.02 Å². The molecule has 1 fully saturated rings. The normalized spacial score (nSPS) is 14.1. The van der Waals surface area contributed by atoms with Gasteiger partial charge in [0.25, 0.3) is 0 Å². The van der Waals surface area contributed by atoms with Gasteiger partial charge in [-0.3, -0.25) is 0 Å². The van der Waals surface area contributed by atoms with E-state index in [0.717, 1.165) is 60.3 Å². The lowest BCUT2D eigenvalue weighted by atomic mass is 9.93. The van der Waals surface area contributed by atoms with E-state index in [2.05, 4.69) is 29.8 Å². The van der Waals surface area contributed by atoms with Crippen molar-refractivity contribution in [2.75, 3.05) is 20.2 Å². The Balaban J connectivity index is 0.000000709. The second kappa shape index (κ2) is 13.5. The molecule has 0 amide bonds. The van der Waals surface area contributed by atoms with E-state index in [1.807, 2.05) is 36.4 Å². The van der Waals surface area contributed by atoms with Crippen LogP contribution in [0.15, 0.2) is 42.5 Å². The van der Waals surface area contributed by atoms with Crippen LogP contribution in [0.25, 0.3) is 11.0 Å². The maximum Gasteiger partial charge on any atom is 0.148 e. The number of ether oxygens (including phenoxy) is 2. The number of benzene rings is 2. The highest BCUT2D eigenvalue weighted by molar-refractivity contribution is 6.30. The molecule has 1 saturated heterocycles. The average Bonchev–Trinajstić information content (AvgIpc) is 3.22. The SMILES string of the molecule is CCCC.COc1cccc2c1nc(COc1ccc(Cl)cc1)n2CCCC1CCNCC1. The molecule has 1 aliphatic heterocycles. The van der Waals surface area contributed by atoms with Gasteiger partial charge in [0.1, 0.15) is 29.4 Å². The number of rotatable bonds is 9. The number of aromatic nitrogens is 2.